The molecule has 1 aromatic heterocycles. The molecule has 1 aliphatic carbocycles. The number of hydrogen-bond acceptors (Lipinski definition) is 4. The maximum atomic E-state index is 5.90. The van der Waals surface area contributed by atoms with Crippen LogP contribution in [0.1, 0.15) is 43.1 Å². The van der Waals surface area contributed by atoms with Crippen LogP contribution in [-0.2, 0) is 6.61 Å². The van der Waals surface area contributed by atoms with E-state index in [0.717, 1.165) is 17.0 Å². The van der Waals surface area contributed by atoms with Gasteiger partial charge in [-0.15, -0.1) is 0 Å². The molecule has 1 unspecified atom stereocenters. The second kappa shape index (κ2) is 5.77. The summed E-state index contributed by atoms with van der Waals surface area (Å²) < 4.78 is 13.5. The van der Waals surface area contributed by atoms with Crippen LogP contribution in [0, 0.1) is 0 Å². The molecule has 1 heterocycles. The molecular formula is C16H21N3O2. The summed E-state index contributed by atoms with van der Waals surface area (Å²) in [5.41, 5.74) is 8.01. The molecule has 2 N–H and O–H groups in total. The fraction of sp³-hybridized carbons (Fsp3) is 0.438. The molecule has 0 spiro atoms. The highest BCUT2D eigenvalue weighted by atomic mass is 16.5. The fourth-order valence-electron chi connectivity index (χ4n) is 2.36. The molecule has 2 aromatic rings. The summed E-state index contributed by atoms with van der Waals surface area (Å²) in [6.45, 7) is 2.44. The van der Waals surface area contributed by atoms with Crippen molar-refractivity contribution in [3.05, 3.63) is 42.0 Å². The lowest BCUT2D eigenvalue weighted by Gasteiger charge is -2.14. The van der Waals surface area contributed by atoms with Crippen molar-refractivity contribution in [1.82, 2.24) is 9.55 Å². The summed E-state index contributed by atoms with van der Waals surface area (Å²) in [5, 5.41) is 0. The maximum absolute atomic E-state index is 5.90. The van der Waals surface area contributed by atoms with Gasteiger partial charge in [0.1, 0.15) is 6.61 Å². The van der Waals surface area contributed by atoms with E-state index in [1.54, 1.807) is 7.11 Å². The molecular weight excluding hydrogens is 266 g/mol. The van der Waals surface area contributed by atoms with Crippen LogP contribution in [0.4, 0.5) is 0 Å². The molecule has 0 radical (unpaired) electrons. The van der Waals surface area contributed by atoms with E-state index in [1.165, 1.54) is 12.8 Å². The van der Waals surface area contributed by atoms with E-state index in [4.69, 9.17) is 15.2 Å². The Kier molecular flexibility index (Phi) is 3.84. The predicted molar refractivity (Wildman–Crippen MR) is 80.4 cm³/mol. The van der Waals surface area contributed by atoms with Crippen molar-refractivity contribution < 1.29 is 9.47 Å². The normalized spacial score (nSPS) is 15.8. The number of nitrogens with two attached hydrogens (primary N) is 1. The van der Waals surface area contributed by atoms with Crippen molar-refractivity contribution >= 4 is 0 Å². The summed E-state index contributed by atoms with van der Waals surface area (Å²) in [4.78, 5) is 4.21. The Labute approximate surface area is 124 Å². The maximum Gasteiger partial charge on any atom is 0.161 e. The van der Waals surface area contributed by atoms with E-state index in [0.29, 0.717) is 18.4 Å². The summed E-state index contributed by atoms with van der Waals surface area (Å²) in [6, 6.07) is 6.39. The van der Waals surface area contributed by atoms with Crippen LogP contribution in [0.15, 0.2) is 30.7 Å². The highest BCUT2D eigenvalue weighted by Gasteiger charge is 2.25. The molecule has 1 fully saturated rings. The van der Waals surface area contributed by atoms with Gasteiger partial charge in [-0.3, -0.25) is 0 Å². The highest BCUT2D eigenvalue weighted by molar-refractivity contribution is 5.43. The average molecular weight is 287 g/mol. The summed E-state index contributed by atoms with van der Waals surface area (Å²) >= 11 is 0. The van der Waals surface area contributed by atoms with Gasteiger partial charge in [0.2, 0.25) is 0 Å². The first-order chi connectivity index (χ1) is 10.2. The average Bonchev–Trinajstić information content (AvgIpc) is 3.23. The molecule has 0 amide bonds. The van der Waals surface area contributed by atoms with Crippen molar-refractivity contribution in [3.63, 3.8) is 0 Å². The molecule has 1 saturated carbocycles. The number of hydrogen-bond donors (Lipinski definition) is 1. The number of imidazole rings is 1. The molecule has 0 bridgehead atoms. The van der Waals surface area contributed by atoms with E-state index < -0.39 is 0 Å². The SMILES string of the molecule is COc1cc(C(C)N)ccc1OCc1cncn1C1CC1. The topological polar surface area (TPSA) is 62.3 Å². The number of nitrogens with zero attached hydrogens (tertiary/aromatic N) is 2. The largest absolute Gasteiger partial charge is 0.493 e. The van der Waals surface area contributed by atoms with Crippen LogP contribution in [0.3, 0.4) is 0 Å². The van der Waals surface area contributed by atoms with Crippen LogP contribution in [0.2, 0.25) is 0 Å². The van der Waals surface area contributed by atoms with Crippen molar-refractivity contribution in [2.75, 3.05) is 7.11 Å². The van der Waals surface area contributed by atoms with E-state index in [-0.39, 0.29) is 6.04 Å². The van der Waals surface area contributed by atoms with E-state index in [1.807, 2.05) is 37.6 Å². The third kappa shape index (κ3) is 3.03. The van der Waals surface area contributed by atoms with Crippen molar-refractivity contribution in [3.8, 4) is 11.5 Å². The Bertz CT molecular complexity index is 618. The minimum Gasteiger partial charge on any atom is -0.493 e. The van der Waals surface area contributed by atoms with Gasteiger partial charge in [-0.1, -0.05) is 6.07 Å². The van der Waals surface area contributed by atoms with Gasteiger partial charge < -0.3 is 19.8 Å². The Morgan fingerprint density at radius 2 is 2.19 bits per heavy atom. The fourth-order valence-corrected chi connectivity index (χ4v) is 2.36. The van der Waals surface area contributed by atoms with Crippen molar-refractivity contribution in [2.45, 2.75) is 38.5 Å². The third-order valence-electron chi connectivity index (χ3n) is 3.78. The lowest BCUT2D eigenvalue weighted by atomic mass is 10.1. The van der Waals surface area contributed by atoms with Crippen molar-refractivity contribution in [1.29, 1.82) is 0 Å². The Balaban J connectivity index is 1.73. The van der Waals surface area contributed by atoms with Gasteiger partial charge in [0.15, 0.2) is 11.5 Å². The number of methoxy groups -OCH3 is 1. The molecule has 1 atom stereocenters. The van der Waals surface area contributed by atoms with Crippen LogP contribution in [0.25, 0.3) is 0 Å². The molecule has 5 heteroatoms. The van der Waals surface area contributed by atoms with E-state index in [2.05, 4.69) is 9.55 Å². The lowest BCUT2D eigenvalue weighted by Crippen LogP contribution is -2.07. The highest BCUT2D eigenvalue weighted by Crippen LogP contribution is 2.36. The zero-order valence-corrected chi connectivity index (χ0v) is 12.5. The van der Waals surface area contributed by atoms with Gasteiger partial charge in [-0.2, -0.15) is 0 Å². The quantitative estimate of drug-likeness (QED) is 0.887. The van der Waals surface area contributed by atoms with Gasteiger partial charge >= 0.3 is 0 Å². The van der Waals surface area contributed by atoms with Crippen LogP contribution in [-0.4, -0.2) is 16.7 Å². The molecule has 5 nitrogen and oxygen atoms in total. The number of benzene rings is 1. The van der Waals surface area contributed by atoms with Gasteiger partial charge in [-0.25, -0.2) is 4.98 Å². The minimum absolute atomic E-state index is 0.0238. The summed E-state index contributed by atoms with van der Waals surface area (Å²) in [7, 11) is 1.64. The Hall–Kier alpha value is -2.01. The molecule has 21 heavy (non-hydrogen) atoms. The minimum atomic E-state index is -0.0238. The summed E-state index contributed by atoms with van der Waals surface area (Å²) in [6.07, 6.45) is 6.21. The predicted octanol–water partition coefficient (Wildman–Crippen LogP) is 2.83. The standard InChI is InChI=1S/C16H21N3O2/c1-11(17)12-3-6-15(16(7-12)20-2)21-9-14-8-18-10-19(14)13-4-5-13/h3,6-8,10-11,13H,4-5,9,17H2,1-2H3. The zero-order chi connectivity index (χ0) is 14.8. The van der Waals surface area contributed by atoms with Gasteiger partial charge in [0.05, 0.1) is 25.3 Å². The van der Waals surface area contributed by atoms with Gasteiger partial charge in [-0.05, 0) is 37.5 Å². The van der Waals surface area contributed by atoms with Crippen LogP contribution >= 0.6 is 0 Å². The Morgan fingerprint density at radius 1 is 1.38 bits per heavy atom. The Morgan fingerprint density at radius 3 is 2.86 bits per heavy atom. The number of ether oxygens (including phenoxy) is 2. The first-order valence-electron chi connectivity index (χ1n) is 7.26. The molecule has 0 saturated heterocycles. The lowest BCUT2D eigenvalue weighted by molar-refractivity contribution is 0.275. The van der Waals surface area contributed by atoms with Gasteiger partial charge in [0.25, 0.3) is 0 Å². The van der Waals surface area contributed by atoms with E-state index in [9.17, 15) is 0 Å². The summed E-state index contributed by atoms with van der Waals surface area (Å²) in [5.74, 6) is 1.44. The first-order valence-corrected chi connectivity index (χ1v) is 7.26. The molecule has 1 aromatic carbocycles. The van der Waals surface area contributed by atoms with E-state index >= 15 is 0 Å². The monoisotopic (exact) mass is 287 g/mol. The second-order valence-electron chi connectivity index (χ2n) is 5.51. The zero-order valence-electron chi connectivity index (χ0n) is 12.5. The second-order valence-corrected chi connectivity index (χ2v) is 5.51. The molecule has 3 rings (SSSR count). The number of rotatable bonds is 6. The third-order valence-corrected chi connectivity index (χ3v) is 3.78. The van der Waals surface area contributed by atoms with Gasteiger partial charge in [0, 0.05) is 12.1 Å². The molecule has 0 aliphatic heterocycles. The van der Waals surface area contributed by atoms with Crippen molar-refractivity contribution in [2.24, 2.45) is 5.73 Å². The smallest absolute Gasteiger partial charge is 0.161 e. The van der Waals surface area contributed by atoms with Crippen LogP contribution < -0.4 is 15.2 Å². The molecule has 1 aliphatic rings. The first kappa shape index (κ1) is 13.9. The number of aromatic nitrogens is 2. The molecule has 112 valence electrons. The van der Waals surface area contributed by atoms with Crippen LogP contribution in [0.5, 0.6) is 11.5 Å².